The van der Waals surface area contributed by atoms with Crippen LogP contribution in [0, 0.1) is 11.3 Å². The number of amides is 2. The summed E-state index contributed by atoms with van der Waals surface area (Å²) in [7, 11) is 0. The van der Waals surface area contributed by atoms with Gasteiger partial charge in [0, 0.05) is 50.5 Å². The number of hydrogen-bond donors (Lipinski definition) is 3. The predicted molar refractivity (Wildman–Crippen MR) is 89.8 cm³/mol. The lowest BCUT2D eigenvalue weighted by Crippen LogP contribution is -2.46. The maximum atomic E-state index is 12.5. The third-order valence-electron chi connectivity index (χ3n) is 6.00. The fraction of sp³-hybridized carbons (Fsp3) is 0.706. The van der Waals surface area contributed by atoms with Crippen LogP contribution < -0.4 is 5.32 Å². The van der Waals surface area contributed by atoms with Gasteiger partial charge in [0.1, 0.15) is 11.2 Å². The minimum atomic E-state index is -0.861. The Balaban J connectivity index is 1.41. The van der Waals surface area contributed by atoms with Crippen LogP contribution in [0.15, 0.2) is 12.4 Å². The highest BCUT2D eigenvalue weighted by molar-refractivity contribution is 5.81. The third kappa shape index (κ3) is 2.99. The fourth-order valence-electron chi connectivity index (χ4n) is 4.68. The molecule has 8 nitrogen and oxygen atoms in total. The second-order valence-corrected chi connectivity index (χ2v) is 7.68. The van der Waals surface area contributed by atoms with Crippen molar-refractivity contribution < 1.29 is 14.7 Å². The normalized spacial score (nSPS) is 29.9. The number of aromatic nitrogens is 2. The molecule has 3 aliphatic rings. The summed E-state index contributed by atoms with van der Waals surface area (Å²) in [5.74, 6) is 0.0150. The lowest BCUT2D eigenvalue weighted by molar-refractivity contribution is -0.148. The number of carboxylic acid groups (broad SMARTS) is 1. The largest absolute Gasteiger partial charge is 0.481 e. The van der Waals surface area contributed by atoms with Gasteiger partial charge in [-0.05, 0) is 12.8 Å². The van der Waals surface area contributed by atoms with Crippen molar-refractivity contribution in [2.45, 2.75) is 38.3 Å². The summed E-state index contributed by atoms with van der Waals surface area (Å²) in [5.41, 5.74) is -0.861. The predicted octanol–water partition coefficient (Wildman–Crippen LogP) is 0.880. The van der Waals surface area contributed by atoms with E-state index in [0.717, 1.165) is 31.5 Å². The number of carboxylic acids is 1. The van der Waals surface area contributed by atoms with E-state index in [1.165, 1.54) is 0 Å². The molecule has 1 aromatic rings. The number of nitrogens with one attached hydrogen (secondary N) is 2. The van der Waals surface area contributed by atoms with Crippen LogP contribution in [-0.2, 0) is 11.3 Å². The minimum Gasteiger partial charge on any atom is -0.481 e. The Hall–Kier alpha value is -2.09. The molecule has 3 fully saturated rings. The highest BCUT2D eigenvalue weighted by atomic mass is 16.4. The number of H-pyrrole nitrogens is 1. The van der Waals surface area contributed by atoms with E-state index in [2.05, 4.69) is 20.2 Å². The van der Waals surface area contributed by atoms with Crippen molar-refractivity contribution in [3.05, 3.63) is 18.2 Å². The monoisotopic (exact) mass is 347 g/mol. The highest BCUT2D eigenvalue weighted by Crippen LogP contribution is 2.43. The van der Waals surface area contributed by atoms with E-state index < -0.39 is 11.4 Å². The standard InChI is InChI=1S/C17H25N5O3/c23-15(24)17-10-21(9-14-18-5-6-19-14)7-12(17)8-22(11-17)16(25)20-13-3-1-2-4-13/h5-6,12-13H,1-4,7-11H2,(H,18,19)(H,20,25)(H,23,24)/t12-,17-/m1/s1. The Morgan fingerprint density at radius 2 is 2.12 bits per heavy atom. The van der Waals surface area contributed by atoms with E-state index in [-0.39, 0.29) is 18.0 Å². The number of urea groups is 1. The van der Waals surface area contributed by atoms with Crippen molar-refractivity contribution in [3.8, 4) is 0 Å². The molecule has 2 aliphatic heterocycles. The molecule has 4 rings (SSSR count). The van der Waals surface area contributed by atoms with Crippen LogP contribution in [0.3, 0.4) is 0 Å². The summed E-state index contributed by atoms with van der Waals surface area (Å²) in [5, 5.41) is 13.0. The van der Waals surface area contributed by atoms with Gasteiger partial charge < -0.3 is 20.3 Å². The lowest BCUT2D eigenvalue weighted by Gasteiger charge is -2.26. The Bertz CT molecular complexity index is 643. The zero-order valence-electron chi connectivity index (χ0n) is 14.3. The molecule has 2 saturated heterocycles. The van der Waals surface area contributed by atoms with Gasteiger partial charge in [-0.25, -0.2) is 9.78 Å². The van der Waals surface area contributed by atoms with Gasteiger partial charge in [0.15, 0.2) is 0 Å². The van der Waals surface area contributed by atoms with Crippen molar-refractivity contribution in [2.75, 3.05) is 26.2 Å². The second kappa shape index (κ2) is 6.33. The van der Waals surface area contributed by atoms with Crippen LogP contribution in [-0.4, -0.2) is 69.1 Å². The second-order valence-electron chi connectivity index (χ2n) is 7.68. The van der Waals surface area contributed by atoms with Gasteiger partial charge in [0.25, 0.3) is 0 Å². The van der Waals surface area contributed by atoms with Crippen molar-refractivity contribution in [3.63, 3.8) is 0 Å². The number of nitrogens with zero attached hydrogens (tertiary/aromatic N) is 3. The number of hydrogen-bond acceptors (Lipinski definition) is 4. The molecular weight excluding hydrogens is 322 g/mol. The topological polar surface area (TPSA) is 102 Å². The number of likely N-dealkylation sites (tertiary alicyclic amines) is 2. The Morgan fingerprint density at radius 1 is 1.32 bits per heavy atom. The molecule has 1 aliphatic carbocycles. The van der Waals surface area contributed by atoms with Crippen LogP contribution in [0.1, 0.15) is 31.5 Å². The van der Waals surface area contributed by atoms with Gasteiger partial charge in [-0.1, -0.05) is 12.8 Å². The summed E-state index contributed by atoms with van der Waals surface area (Å²) in [6.45, 7) is 2.56. The van der Waals surface area contributed by atoms with Gasteiger partial charge in [0.05, 0.1) is 6.54 Å². The average molecular weight is 347 g/mol. The number of carbonyl (C=O) groups excluding carboxylic acids is 1. The van der Waals surface area contributed by atoms with E-state index in [1.807, 2.05) is 0 Å². The molecule has 3 N–H and O–H groups in total. The molecule has 8 heteroatoms. The molecule has 136 valence electrons. The molecule has 1 aromatic heterocycles. The van der Waals surface area contributed by atoms with Gasteiger partial charge >= 0.3 is 12.0 Å². The van der Waals surface area contributed by atoms with E-state index in [0.29, 0.717) is 32.7 Å². The first-order valence-electron chi connectivity index (χ1n) is 9.06. The quantitative estimate of drug-likeness (QED) is 0.750. The number of rotatable bonds is 4. The first kappa shape index (κ1) is 16.4. The van der Waals surface area contributed by atoms with E-state index in [9.17, 15) is 14.7 Å². The van der Waals surface area contributed by atoms with Crippen LogP contribution in [0.4, 0.5) is 4.79 Å². The minimum absolute atomic E-state index is 0.0331. The summed E-state index contributed by atoms with van der Waals surface area (Å²) in [6.07, 6.45) is 7.86. The van der Waals surface area contributed by atoms with Crippen molar-refractivity contribution in [1.29, 1.82) is 0 Å². The molecule has 3 heterocycles. The molecular formula is C17H25N5O3. The van der Waals surface area contributed by atoms with Crippen LogP contribution in [0.5, 0.6) is 0 Å². The van der Waals surface area contributed by atoms with Crippen molar-refractivity contribution in [1.82, 2.24) is 25.1 Å². The van der Waals surface area contributed by atoms with Gasteiger partial charge in [0.2, 0.25) is 0 Å². The summed E-state index contributed by atoms with van der Waals surface area (Å²) in [6, 6.07) is 0.156. The maximum absolute atomic E-state index is 12.5. The number of carbonyl (C=O) groups is 2. The fourth-order valence-corrected chi connectivity index (χ4v) is 4.68. The van der Waals surface area contributed by atoms with Crippen molar-refractivity contribution in [2.24, 2.45) is 11.3 Å². The molecule has 0 unspecified atom stereocenters. The number of imidazole rings is 1. The zero-order valence-corrected chi connectivity index (χ0v) is 14.3. The molecule has 0 bridgehead atoms. The molecule has 2 atom stereocenters. The molecule has 0 aromatic carbocycles. The van der Waals surface area contributed by atoms with Crippen LogP contribution in [0.25, 0.3) is 0 Å². The van der Waals surface area contributed by atoms with Gasteiger partial charge in [-0.3, -0.25) is 9.69 Å². The Morgan fingerprint density at radius 3 is 2.76 bits per heavy atom. The zero-order chi connectivity index (χ0) is 17.4. The summed E-state index contributed by atoms with van der Waals surface area (Å²) < 4.78 is 0. The summed E-state index contributed by atoms with van der Waals surface area (Å²) in [4.78, 5) is 35.7. The number of aliphatic carboxylic acids is 1. The smallest absolute Gasteiger partial charge is 0.317 e. The average Bonchev–Trinajstić information content (AvgIpc) is 3.29. The third-order valence-corrected chi connectivity index (χ3v) is 6.00. The van der Waals surface area contributed by atoms with Crippen LogP contribution in [0.2, 0.25) is 0 Å². The van der Waals surface area contributed by atoms with Gasteiger partial charge in [-0.15, -0.1) is 0 Å². The SMILES string of the molecule is O=C(NC1CCCC1)N1C[C@H]2CN(Cc3ncc[nH]3)C[C@@]2(C(=O)O)C1. The van der Waals surface area contributed by atoms with Gasteiger partial charge in [-0.2, -0.15) is 0 Å². The van der Waals surface area contributed by atoms with E-state index in [1.54, 1.807) is 17.3 Å². The Labute approximate surface area is 146 Å². The molecule has 0 radical (unpaired) electrons. The highest BCUT2D eigenvalue weighted by Gasteiger charge is 2.58. The molecule has 0 spiro atoms. The molecule has 25 heavy (non-hydrogen) atoms. The first-order valence-corrected chi connectivity index (χ1v) is 9.06. The van der Waals surface area contributed by atoms with E-state index in [4.69, 9.17) is 0 Å². The van der Waals surface area contributed by atoms with Crippen LogP contribution >= 0.6 is 0 Å². The molecule has 2 amide bonds. The molecule has 1 saturated carbocycles. The first-order chi connectivity index (χ1) is 12.1. The lowest BCUT2D eigenvalue weighted by atomic mass is 9.81. The van der Waals surface area contributed by atoms with E-state index >= 15 is 0 Å². The maximum Gasteiger partial charge on any atom is 0.317 e. The summed E-state index contributed by atoms with van der Waals surface area (Å²) >= 11 is 0. The number of aromatic amines is 1. The number of fused-ring (bicyclic) bond motifs is 1. The van der Waals surface area contributed by atoms with Crippen molar-refractivity contribution >= 4 is 12.0 Å². The Kier molecular flexibility index (Phi) is 4.15.